The van der Waals surface area contributed by atoms with Crippen molar-refractivity contribution in [3.05, 3.63) is 29.8 Å². The Morgan fingerprint density at radius 3 is 2.08 bits per heavy atom. The van der Waals surface area contributed by atoms with E-state index in [1.54, 1.807) is 0 Å². The van der Waals surface area contributed by atoms with E-state index in [4.69, 9.17) is 4.43 Å². The van der Waals surface area contributed by atoms with Crippen LogP contribution in [0.1, 0.15) is 60.1 Å². The minimum Gasteiger partial charge on any atom is -0.598 e. The smallest absolute Gasteiger partial charge is 0.192 e. The zero-order chi connectivity index (χ0) is 20.2. The summed E-state index contributed by atoms with van der Waals surface area (Å²) in [6.45, 7) is 19.9. The third kappa shape index (κ3) is 7.21. The van der Waals surface area contributed by atoms with Crippen LogP contribution in [0.25, 0.3) is 0 Å². The first kappa shape index (κ1) is 24.1. The average Bonchev–Trinajstić information content (AvgIpc) is 2.50. The van der Waals surface area contributed by atoms with Crippen LogP contribution in [-0.2, 0) is 15.8 Å². The maximum absolute atomic E-state index is 12.7. The van der Waals surface area contributed by atoms with Gasteiger partial charge in [-0.15, -0.1) is 16.5 Å². The van der Waals surface area contributed by atoms with Gasteiger partial charge in [0, 0.05) is 16.3 Å². The van der Waals surface area contributed by atoms with Gasteiger partial charge in [-0.05, 0) is 62.4 Å². The molecule has 0 heterocycles. The van der Waals surface area contributed by atoms with Gasteiger partial charge in [0.05, 0.1) is 12.6 Å². The summed E-state index contributed by atoms with van der Waals surface area (Å²) in [7, 11) is -1.86. The van der Waals surface area contributed by atoms with E-state index in [1.807, 2.05) is 32.5 Å². The summed E-state index contributed by atoms with van der Waals surface area (Å²) in [6, 6.07) is 8.47. The zero-order valence-electron chi connectivity index (χ0n) is 17.9. The maximum Gasteiger partial charge on any atom is 0.192 e. The molecule has 0 bridgehead atoms. The molecule has 1 unspecified atom stereocenters. The Bertz CT molecular complexity index is 550. The highest BCUT2D eigenvalue weighted by Crippen LogP contribution is 2.37. The highest BCUT2D eigenvalue weighted by Gasteiger charge is 2.38. The van der Waals surface area contributed by atoms with Crippen molar-refractivity contribution in [3.63, 3.8) is 0 Å². The van der Waals surface area contributed by atoms with E-state index in [1.165, 1.54) is 4.90 Å². The Kier molecular flexibility index (Phi) is 8.77. The van der Waals surface area contributed by atoms with Gasteiger partial charge in [-0.2, -0.15) is 0 Å². The van der Waals surface area contributed by atoms with Crippen molar-refractivity contribution in [2.24, 2.45) is 0 Å². The van der Waals surface area contributed by atoms with Crippen molar-refractivity contribution < 1.29 is 8.98 Å². The molecule has 0 spiro atoms. The highest BCUT2D eigenvalue weighted by atomic mass is 32.2. The molecule has 1 rings (SSSR count). The first-order valence-electron chi connectivity index (χ1n) is 9.32. The van der Waals surface area contributed by atoms with Crippen molar-refractivity contribution in [2.75, 3.05) is 12.4 Å². The van der Waals surface area contributed by atoms with Crippen molar-refractivity contribution >= 4 is 31.4 Å². The van der Waals surface area contributed by atoms with E-state index in [2.05, 4.69) is 69.8 Å². The second-order valence-electron chi connectivity index (χ2n) is 9.12. The van der Waals surface area contributed by atoms with Gasteiger partial charge in [0.1, 0.15) is 4.75 Å². The minimum absolute atomic E-state index is 0.0788. The molecule has 150 valence electrons. The zero-order valence-corrected chi connectivity index (χ0v) is 20.6. The van der Waals surface area contributed by atoms with Gasteiger partial charge in [0.15, 0.2) is 8.32 Å². The van der Waals surface area contributed by atoms with Gasteiger partial charge in [0.25, 0.3) is 0 Å². The summed E-state index contributed by atoms with van der Waals surface area (Å²) in [5.74, 6) is 1.06. The predicted octanol–water partition coefficient (Wildman–Crippen LogP) is 5.91. The Morgan fingerprint density at radius 2 is 1.65 bits per heavy atom. The van der Waals surface area contributed by atoms with Crippen LogP contribution in [0.5, 0.6) is 0 Å². The Balaban J connectivity index is 2.98. The molecule has 0 aliphatic heterocycles. The molecule has 1 aromatic rings. The van der Waals surface area contributed by atoms with Crippen LogP contribution in [-0.4, -0.2) is 30.0 Å². The lowest BCUT2D eigenvalue weighted by molar-refractivity contribution is 0.256. The van der Waals surface area contributed by atoms with E-state index in [0.29, 0.717) is 6.61 Å². The SMILES string of the molecule is CCSc1ccc(C(CO[Si](C)(C)C(C)(C)C)N[S@+]([O-])C(C)(C)C)cc1. The lowest BCUT2D eigenvalue weighted by Crippen LogP contribution is -2.46. The van der Waals surface area contributed by atoms with Crippen molar-refractivity contribution in [1.82, 2.24) is 4.72 Å². The summed E-state index contributed by atoms with van der Waals surface area (Å²) < 4.78 is 22.1. The van der Waals surface area contributed by atoms with Crippen molar-refractivity contribution in [2.45, 2.75) is 82.3 Å². The van der Waals surface area contributed by atoms with Crippen LogP contribution in [0, 0.1) is 0 Å². The van der Waals surface area contributed by atoms with Crippen LogP contribution in [0.3, 0.4) is 0 Å². The second kappa shape index (κ2) is 9.48. The number of thioether (sulfide) groups is 1. The number of hydrogen-bond acceptors (Lipinski definition) is 4. The molecule has 26 heavy (non-hydrogen) atoms. The molecule has 2 atom stereocenters. The lowest BCUT2D eigenvalue weighted by Gasteiger charge is -2.37. The number of hydrogen-bond donors (Lipinski definition) is 1. The summed E-state index contributed by atoms with van der Waals surface area (Å²) in [5, 5.41) is 0.155. The van der Waals surface area contributed by atoms with Gasteiger partial charge >= 0.3 is 0 Å². The van der Waals surface area contributed by atoms with E-state index in [0.717, 1.165) is 11.3 Å². The molecule has 0 aromatic heterocycles. The molecular weight excluding hydrogens is 378 g/mol. The average molecular weight is 416 g/mol. The molecular formula is C20H37NO2S2Si. The number of nitrogens with one attached hydrogen (secondary N) is 1. The van der Waals surface area contributed by atoms with Crippen molar-refractivity contribution in [3.8, 4) is 0 Å². The van der Waals surface area contributed by atoms with Crippen LogP contribution in [0.2, 0.25) is 18.1 Å². The van der Waals surface area contributed by atoms with Crippen LogP contribution in [0.15, 0.2) is 29.2 Å². The van der Waals surface area contributed by atoms with Crippen LogP contribution < -0.4 is 4.72 Å². The van der Waals surface area contributed by atoms with E-state index in [9.17, 15) is 4.55 Å². The van der Waals surface area contributed by atoms with Crippen LogP contribution in [0.4, 0.5) is 0 Å². The Hall–Kier alpha value is 0.0169. The molecule has 3 nitrogen and oxygen atoms in total. The summed E-state index contributed by atoms with van der Waals surface area (Å²) in [5.41, 5.74) is 1.13. The van der Waals surface area contributed by atoms with Crippen molar-refractivity contribution in [1.29, 1.82) is 0 Å². The molecule has 0 saturated heterocycles. The molecule has 6 heteroatoms. The van der Waals surface area contributed by atoms with Gasteiger partial charge < -0.3 is 8.98 Å². The monoisotopic (exact) mass is 415 g/mol. The van der Waals surface area contributed by atoms with Gasteiger partial charge in [-0.25, -0.2) is 0 Å². The highest BCUT2D eigenvalue weighted by molar-refractivity contribution is 7.99. The molecule has 1 aromatic carbocycles. The molecule has 1 N–H and O–H groups in total. The largest absolute Gasteiger partial charge is 0.598 e. The normalized spacial score (nSPS) is 15.8. The first-order valence-corrected chi connectivity index (χ1v) is 14.4. The maximum atomic E-state index is 12.7. The Morgan fingerprint density at radius 1 is 1.12 bits per heavy atom. The predicted molar refractivity (Wildman–Crippen MR) is 120 cm³/mol. The molecule has 0 radical (unpaired) electrons. The lowest BCUT2D eigenvalue weighted by atomic mass is 10.1. The fourth-order valence-electron chi connectivity index (χ4n) is 1.98. The molecule has 0 amide bonds. The van der Waals surface area contributed by atoms with Gasteiger partial charge in [0.2, 0.25) is 0 Å². The molecule has 0 fully saturated rings. The minimum atomic E-state index is -1.86. The molecule has 0 aliphatic carbocycles. The van der Waals surface area contributed by atoms with Gasteiger partial charge in [-0.3, -0.25) is 0 Å². The fourth-order valence-corrected chi connectivity index (χ4v) is 4.47. The summed E-state index contributed by atoms with van der Waals surface area (Å²) in [6.07, 6.45) is 0. The van der Waals surface area contributed by atoms with E-state index >= 15 is 0 Å². The third-order valence-electron chi connectivity index (χ3n) is 4.82. The van der Waals surface area contributed by atoms with Gasteiger partial charge in [-0.1, -0.05) is 39.8 Å². The fraction of sp³-hybridized carbons (Fsp3) is 0.700. The standard InChI is InChI=1S/C20H37NO2S2Si/c1-10-24-17-13-11-16(12-14-17)18(21-25(22)19(2,3)4)15-23-26(8,9)20(5,6)7/h11-14,18,21H,10,15H2,1-9H3/t18?,25-/m1/s1. The summed E-state index contributed by atoms with van der Waals surface area (Å²) in [4.78, 5) is 1.26. The quantitative estimate of drug-likeness (QED) is 0.325. The van der Waals surface area contributed by atoms with E-state index in [-0.39, 0.29) is 15.8 Å². The van der Waals surface area contributed by atoms with E-state index < -0.39 is 19.7 Å². The summed E-state index contributed by atoms with van der Waals surface area (Å²) >= 11 is 0.684. The Labute approximate surface area is 169 Å². The topological polar surface area (TPSA) is 44.3 Å². The second-order valence-corrected chi connectivity index (χ2v) is 17.3. The van der Waals surface area contributed by atoms with Crippen LogP contribution >= 0.6 is 11.8 Å². The first-order chi connectivity index (χ1) is 11.8. The third-order valence-corrected chi connectivity index (χ3v) is 11.8. The number of benzene rings is 1. The molecule has 0 aliphatic rings. The molecule has 0 saturated carbocycles. The number of rotatable bonds is 8.